The van der Waals surface area contributed by atoms with E-state index in [-0.39, 0.29) is 5.97 Å². The van der Waals surface area contributed by atoms with E-state index in [1.54, 1.807) is 10.9 Å². The average molecular weight is 152 g/mol. The number of hydrogen-bond acceptors (Lipinski definition) is 3. The average Bonchev–Trinajstić information content (AvgIpc) is 2.34. The summed E-state index contributed by atoms with van der Waals surface area (Å²) in [6, 6.07) is 0. The highest BCUT2D eigenvalue weighted by Crippen LogP contribution is 2.12. The molecule has 0 aliphatic carbocycles. The summed E-state index contributed by atoms with van der Waals surface area (Å²) in [5.74, 6) is -0.258. The van der Waals surface area contributed by atoms with E-state index in [0.29, 0.717) is 18.8 Å². The Labute approximate surface area is 63.8 Å². The van der Waals surface area contributed by atoms with Crippen molar-refractivity contribution in [2.45, 2.75) is 13.5 Å². The minimum Gasteiger partial charge on any atom is -0.459 e. The molecule has 0 fully saturated rings. The molecule has 0 aromatic carbocycles. The van der Waals surface area contributed by atoms with Gasteiger partial charge in [-0.05, 0) is 6.92 Å². The Morgan fingerprint density at radius 1 is 1.73 bits per heavy atom. The van der Waals surface area contributed by atoms with E-state index in [9.17, 15) is 4.79 Å². The van der Waals surface area contributed by atoms with E-state index in [1.807, 2.05) is 6.92 Å². The second-order valence-electron chi connectivity index (χ2n) is 2.54. The zero-order valence-corrected chi connectivity index (χ0v) is 6.20. The lowest BCUT2D eigenvalue weighted by Crippen LogP contribution is -2.23. The van der Waals surface area contributed by atoms with Gasteiger partial charge in [0, 0.05) is 5.56 Å². The number of fused-ring (bicyclic) bond motifs is 1. The van der Waals surface area contributed by atoms with Gasteiger partial charge in [-0.25, -0.2) is 4.79 Å². The van der Waals surface area contributed by atoms with Gasteiger partial charge >= 0.3 is 5.97 Å². The van der Waals surface area contributed by atoms with Crippen molar-refractivity contribution in [2.24, 2.45) is 0 Å². The first-order valence-corrected chi connectivity index (χ1v) is 3.48. The second kappa shape index (κ2) is 2.08. The zero-order valence-electron chi connectivity index (χ0n) is 6.20. The molecule has 0 bridgehead atoms. The summed E-state index contributed by atoms with van der Waals surface area (Å²) in [6.07, 6.45) is 1.68. The molecule has 11 heavy (non-hydrogen) atoms. The highest BCUT2D eigenvalue weighted by molar-refractivity contribution is 5.89. The van der Waals surface area contributed by atoms with Gasteiger partial charge < -0.3 is 4.74 Å². The molecule has 0 atom stereocenters. The summed E-state index contributed by atoms with van der Waals surface area (Å²) in [6.45, 7) is 2.97. The molecule has 1 aliphatic heterocycles. The molecule has 1 aromatic heterocycles. The van der Waals surface area contributed by atoms with Crippen LogP contribution in [0.4, 0.5) is 0 Å². The van der Waals surface area contributed by atoms with Crippen molar-refractivity contribution in [3.05, 3.63) is 17.5 Å². The fourth-order valence-corrected chi connectivity index (χ4v) is 1.21. The molecule has 2 heterocycles. The van der Waals surface area contributed by atoms with Gasteiger partial charge in [-0.1, -0.05) is 0 Å². The van der Waals surface area contributed by atoms with Crippen molar-refractivity contribution in [3.8, 4) is 0 Å². The van der Waals surface area contributed by atoms with Crippen LogP contribution >= 0.6 is 0 Å². The number of cyclic esters (lactones) is 1. The van der Waals surface area contributed by atoms with E-state index in [0.717, 1.165) is 5.56 Å². The molecule has 0 N–H and O–H groups in total. The number of esters is 1. The van der Waals surface area contributed by atoms with E-state index >= 15 is 0 Å². The van der Waals surface area contributed by atoms with Gasteiger partial charge in [-0.15, -0.1) is 0 Å². The second-order valence-corrected chi connectivity index (χ2v) is 2.54. The van der Waals surface area contributed by atoms with E-state index in [2.05, 4.69) is 5.10 Å². The summed E-state index contributed by atoms with van der Waals surface area (Å²) >= 11 is 0. The van der Waals surface area contributed by atoms with Crippen LogP contribution in [0.1, 0.15) is 16.1 Å². The highest BCUT2D eigenvalue weighted by atomic mass is 16.5. The van der Waals surface area contributed by atoms with Crippen LogP contribution in [0.25, 0.3) is 0 Å². The molecule has 0 unspecified atom stereocenters. The summed E-state index contributed by atoms with van der Waals surface area (Å²) < 4.78 is 6.53. The molecule has 0 saturated carbocycles. The van der Waals surface area contributed by atoms with Crippen LogP contribution in [0.3, 0.4) is 0 Å². The molecule has 0 spiro atoms. The maximum absolute atomic E-state index is 11.1. The van der Waals surface area contributed by atoms with Crippen molar-refractivity contribution in [3.63, 3.8) is 0 Å². The number of nitrogens with zero attached hydrogens (tertiary/aromatic N) is 2. The van der Waals surface area contributed by atoms with Crippen LogP contribution in [0.15, 0.2) is 6.20 Å². The number of ether oxygens (including phenoxy) is 1. The van der Waals surface area contributed by atoms with Crippen LogP contribution in [0.5, 0.6) is 0 Å². The third-order valence-electron chi connectivity index (χ3n) is 1.75. The topological polar surface area (TPSA) is 44.1 Å². The first kappa shape index (κ1) is 6.39. The number of carbonyl (C=O) groups is 1. The van der Waals surface area contributed by atoms with Crippen molar-refractivity contribution < 1.29 is 9.53 Å². The lowest BCUT2D eigenvalue weighted by atomic mass is 10.2. The molecule has 0 saturated heterocycles. The Morgan fingerprint density at radius 2 is 2.55 bits per heavy atom. The summed E-state index contributed by atoms with van der Waals surface area (Å²) in [7, 11) is 0. The fourth-order valence-electron chi connectivity index (χ4n) is 1.21. The third kappa shape index (κ3) is 0.824. The number of aryl methyl sites for hydroxylation is 1. The zero-order chi connectivity index (χ0) is 7.84. The first-order chi connectivity index (χ1) is 5.29. The molecule has 1 aromatic rings. The van der Waals surface area contributed by atoms with Gasteiger partial charge in [-0.3, -0.25) is 4.68 Å². The highest BCUT2D eigenvalue weighted by Gasteiger charge is 2.21. The Morgan fingerprint density at radius 3 is 3.27 bits per heavy atom. The van der Waals surface area contributed by atoms with Crippen molar-refractivity contribution in [1.29, 1.82) is 0 Å². The standard InChI is InChI=1S/C7H8N2O2/c1-5-4-8-9-2-3-11-7(10)6(5)9/h4H,2-3H2,1H3. The van der Waals surface area contributed by atoms with Crippen molar-refractivity contribution in [2.75, 3.05) is 6.61 Å². The monoisotopic (exact) mass is 152 g/mol. The van der Waals surface area contributed by atoms with Crippen LogP contribution in [-0.2, 0) is 11.3 Å². The van der Waals surface area contributed by atoms with Crippen molar-refractivity contribution in [1.82, 2.24) is 9.78 Å². The molecular weight excluding hydrogens is 144 g/mol. The number of carbonyl (C=O) groups excluding carboxylic acids is 1. The minimum atomic E-state index is -0.258. The molecular formula is C7H8N2O2. The lowest BCUT2D eigenvalue weighted by Gasteiger charge is -2.13. The predicted molar refractivity (Wildman–Crippen MR) is 37.2 cm³/mol. The Hall–Kier alpha value is -1.32. The molecule has 4 nitrogen and oxygen atoms in total. The van der Waals surface area contributed by atoms with Crippen LogP contribution in [0.2, 0.25) is 0 Å². The Balaban J connectivity index is 2.56. The van der Waals surface area contributed by atoms with Gasteiger partial charge in [-0.2, -0.15) is 5.10 Å². The summed E-state index contributed by atoms with van der Waals surface area (Å²) in [4.78, 5) is 11.1. The Kier molecular flexibility index (Phi) is 1.21. The molecule has 0 amide bonds. The van der Waals surface area contributed by atoms with Gasteiger partial charge in [0.1, 0.15) is 12.3 Å². The fraction of sp³-hybridized carbons (Fsp3) is 0.429. The van der Waals surface area contributed by atoms with Gasteiger partial charge in [0.2, 0.25) is 0 Å². The summed E-state index contributed by atoms with van der Waals surface area (Å²) in [5, 5.41) is 4.02. The molecule has 1 aliphatic rings. The van der Waals surface area contributed by atoms with Crippen LogP contribution < -0.4 is 0 Å². The first-order valence-electron chi connectivity index (χ1n) is 3.48. The van der Waals surface area contributed by atoms with Gasteiger partial charge in [0.05, 0.1) is 12.7 Å². The van der Waals surface area contributed by atoms with Crippen LogP contribution in [0, 0.1) is 6.92 Å². The maximum Gasteiger partial charge on any atom is 0.356 e. The number of rotatable bonds is 0. The molecule has 0 radical (unpaired) electrons. The summed E-state index contributed by atoms with van der Waals surface area (Å²) in [5.41, 5.74) is 1.48. The Bertz CT molecular complexity index is 303. The lowest BCUT2D eigenvalue weighted by molar-refractivity contribution is 0.0410. The normalized spacial score (nSPS) is 15.9. The molecule has 4 heteroatoms. The van der Waals surface area contributed by atoms with Gasteiger partial charge in [0.25, 0.3) is 0 Å². The quantitative estimate of drug-likeness (QED) is 0.504. The minimum absolute atomic E-state index is 0.258. The van der Waals surface area contributed by atoms with Crippen molar-refractivity contribution >= 4 is 5.97 Å². The predicted octanol–water partition coefficient (Wildman–Crippen LogP) is 0.362. The number of aromatic nitrogens is 2. The van der Waals surface area contributed by atoms with E-state index < -0.39 is 0 Å². The van der Waals surface area contributed by atoms with Crippen LogP contribution in [-0.4, -0.2) is 22.4 Å². The maximum atomic E-state index is 11.1. The van der Waals surface area contributed by atoms with E-state index in [1.165, 1.54) is 0 Å². The largest absolute Gasteiger partial charge is 0.459 e. The van der Waals surface area contributed by atoms with E-state index in [4.69, 9.17) is 4.74 Å². The SMILES string of the molecule is Cc1cnn2c1C(=O)OCC2. The number of hydrogen-bond donors (Lipinski definition) is 0. The van der Waals surface area contributed by atoms with Gasteiger partial charge in [0.15, 0.2) is 0 Å². The smallest absolute Gasteiger partial charge is 0.356 e. The molecule has 2 rings (SSSR count). The molecule has 58 valence electrons. The third-order valence-corrected chi connectivity index (χ3v) is 1.75.